The molecule has 0 radical (unpaired) electrons. The third-order valence-corrected chi connectivity index (χ3v) is 5.43. The van der Waals surface area contributed by atoms with Crippen LogP contribution in [0.5, 0.6) is 5.75 Å². The zero-order valence-electron chi connectivity index (χ0n) is 16.5. The summed E-state index contributed by atoms with van der Waals surface area (Å²) < 4.78 is 5.53. The number of benzene rings is 3. The molecule has 0 unspecified atom stereocenters. The van der Waals surface area contributed by atoms with Crippen LogP contribution in [0.1, 0.15) is 16.1 Å². The van der Waals surface area contributed by atoms with Crippen molar-refractivity contribution in [3.05, 3.63) is 78.0 Å². The van der Waals surface area contributed by atoms with Crippen LogP contribution >= 0.6 is 11.8 Å². The molecule has 2 N–H and O–H groups in total. The molecule has 0 aliphatic carbocycles. The van der Waals surface area contributed by atoms with Gasteiger partial charge in [0.25, 0.3) is 5.91 Å². The van der Waals surface area contributed by atoms with E-state index in [0.29, 0.717) is 17.1 Å². The molecule has 0 aliphatic rings. The third-order valence-electron chi connectivity index (χ3n) is 4.68. The first-order valence-corrected chi connectivity index (χ1v) is 10.5. The number of carbonyl (C=O) groups is 1. The van der Waals surface area contributed by atoms with Gasteiger partial charge in [0, 0.05) is 4.90 Å². The van der Waals surface area contributed by atoms with Gasteiger partial charge in [0.1, 0.15) is 11.4 Å². The summed E-state index contributed by atoms with van der Waals surface area (Å²) >= 11 is 1.67. The second-order valence-corrected chi connectivity index (χ2v) is 7.38. The monoisotopic (exact) mass is 416 g/mol. The summed E-state index contributed by atoms with van der Waals surface area (Å²) in [7, 11) is 1.62. The first-order chi connectivity index (χ1) is 14.7. The van der Waals surface area contributed by atoms with E-state index in [-0.39, 0.29) is 5.91 Å². The Morgan fingerprint density at radius 3 is 2.70 bits per heavy atom. The molecule has 4 aromatic rings. The second kappa shape index (κ2) is 8.84. The van der Waals surface area contributed by atoms with Crippen LogP contribution < -0.4 is 10.2 Å². The van der Waals surface area contributed by atoms with Crippen LogP contribution in [0.25, 0.3) is 22.0 Å². The van der Waals surface area contributed by atoms with E-state index >= 15 is 0 Å². The van der Waals surface area contributed by atoms with Gasteiger partial charge < -0.3 is 4.74 Å². The molecule has 0 bridgehead atoms. The number of carbonyl (C=O) groups excluding carboxylic acids is 1. The number of methoxy groups -OCH3 is 1. The summed E-state index contributed by atoms with van der Waals surface area (Å²) in [5.41, 5.74) is 5.21. The summed E-state index contributed by atoms with van der Waals surface area (Å²) in [5, 5.41) is 13.2. The number of aromatic nitrogens is 2. The Hall–Kier alpha value is -3.58. The predicted octanol–water partition coefficient (Wildman–Crippen LogP) is 4.72. The summed E-state index contributed by atoms with van der Waals surface area (Å²) in [6, 6.07) is 21.5. The largest absolute Gasteiger partial charge is 0.496 e. The predicted molar refractivity (Wildman–Crippen MR) is 121 cm³/mol. The number of ether oxygens (including phenoxy) is 1. The Bertz CT molecular complexity index is 1220. The number of hydrogen-bond acceptors (Lipinski definition) is 5. The van der Waals surface area contributed by atoms with E-state index in [1.165, 1.54) is 4.90 Å². The molecule has 4 rings (SSSR count). The van der Waals surface area contributed by atoms with Crippen LogP contribution in [0.3, 0.4) is 0 Å². The summed E-state index contributed by atoms with van der Waals surface area (Å²) in [6.45, 7) is 0. The molecule has 3 aromatic carbocycles. The van der Waals surface area contributed by atoms with Crippen LogP contribution in [-0.4, -0.2) is 35.7 Å². The van der Waals surface area contributed by atoms with Crippen molar-refractivity contribution >= 4 is 34.7 Å². The molecule has 7 heteroatoms. The molecule has 0 atom stereocenters. The van der Waals surface area contributed by atoms with Crippen LogP contribution in [0.2, 0.25) is 0 Å². The maximum Gasteiger partial charge on any atom is 0.289 e. The van der Waals surface area contributed by atoms with Gasteiger partial charge in [0.15, 0.2) is 0 Å². The normalized spacial score (nSPS) is 11.1. The molecule has 0 fully saturated rings. The minimum atomic E-state index is -0.370. The molecule has 0 saturated carbocycles. The quantitative estimate of drug-likeness (QED) is 0.271. The van der Waals surface area contributed by atoms with Crippen molar-refractivity contribution in [2.75, 3.05) is 13.4 Å². The van der Waals surface area contributed by atoms with Crippen molar-refractivity contribution in [2.45, 2.75) is 4.90 Å². The minimum Gasteiger partial charge on any atom is -0.496 e. The zero-order valence-corrected chi connectivity index (χ0v) is 17.4. The number of thioether (sulfide) groups is 1. The van der Waals surface area contributed by atoms with Gasteiger partial charge >= 0.3 is 0 Å². The Kier molecular flexibility index (Phi) is 5.81. The van der Waals surface area contributed by atoms with Crippen molar-refractivity contribution in [1.82, 2.24) is 15.6 Å². The highest BCUT2D eigenvalue weighted by Crippen LogP contribution is 2.36. The van der Waals surface area contributed by atoms with Gasteiger partial charge in [0.2, 0.25) is 0 Å². The lowest BCUT2D eigenvalue weighted by Crippen LogP contribution is -2.17. The number of aromatic amines is 1. The lowest BCUT2D eigenvalue weighted by atomic mass is 10.0. The Morgan fingerprint density at radius 1 is 1.13 bits per heavy atom. The van der Waals surface area contributed by atoms with Gasteiger partial charge in [-0.25, -0.2) is 5.43 Å². The molecule has 6 nitrogen and oxygen atoms in total. The van der Waals surface area contributed by atoms with Gasteiger partial charge in [-0.3, -0.25) is 9.89 Å². The zero-order chi connectivity index (χ0) is 20.9. The van der Waals surface area contributed by atoms with Crippen LogP contribution in [0.15, 0.2) is 76.7 Å². The van der Waals surface area contributed by atoms with Gasteiger partial charge in [-0.2, -0.15) is 10.2 Å². The van der Waals surface area contributed by atoms with E-state index in [0.717, 1.165) is 21.9 Å². The molecule has 0 saturated heterocycles. The first-order valence-electron chi connectivity index (χ1n) is 9.28. The Balaban J connectivity index is 1.55. The summed E-state index contributed by atoms with van der Waals surface area (Å²) in [5.74, 6) is 0.323. The van der Waals surface area contributed by atoms with Gasteiger partial charge in [-0.05, 0) is 46.9 Å². The van der Waals surface area contributed by atoms with E-state index < -0.39 is 0 Å². The van der Waals surface area contributed by atoms with Crippen molar-refractivity contribution in [3.63, 3.8) is 0 Å². The highest BCUT2D eigenvalue weighted by Gasteiger charge is 2.16. The Morgan fingerprint density at radius 2 is 1.93 bits per heavy atom. The van der Waals surface area contributed by atoms with E-state index in [4.69, 9.17) is 4.74 Å². The van der Waals surface area contributed by atoms with Gasteiger partial charge in [-0.1, -0.05) is 42.5 Å². The molecule has 0 aliphatic heterocycles. The van der Waals surface area contributed by atoms with E-state index in [2.05, 4.69) is 20.7 Å². The number of rotatable bonds is 6. The smallest absolute Gasteiger partial charge is 0.289 e. The van der Waals surface area contributed by atoms with Crippen molar-refractivity contribution in [1.29, 1.82) is 0 Å². The third kappa shape index (κ3) is 4.06. The number of fused-ring (bicyclic) bond motifs is 1. The van der Waals surface area contributed by atoms with Crippen LogP contribution in [-0.2, 0) is 0 Å². The molecular formula is C23H20N4O2S. The number of hydrazone groups is 1. The number of hydrogen-bond donors (Lipinski definition) is 2. The fourth-order valence-corrected chi connectivity index (χ4v) is 3.58. The molecule has 1 heterocycles. The first kappa shape index (κ1) is 19.7. The standard InChI is InChI=1S/C23H20N4O2S/c1-29-21-12-9-16-5-3-4-6-18(16)22(21)19-13-20(26-25-19)23(28)27-24-14-15-7-10-17(30-2)11-8-15/h3-14H,1-2H3,(H,25,26)(H,27,28)/b24-14+. The number of H-pyrrole nitrogens is 1. The molecular weight excluding hydrogens is 396 g/mol. The lowest BCUT2D eigenvalue weighted by molar-refractivity contribution is 0.0950. The molecule has 0 spiro atoms. The molecule has 30 heavy (non-hydrogen) atoms. The number of nitrogens with one attached hydrogen (secondary N) is 2. The van der Waals surface area contributed by atoms with E-state index in [9.17, 15) is 4.79 Å². The fraction of sp³-hybridized carbons (Fsp3) is 0.0870. The topological polar surface area (TPSA) is 79.4 Å². The Labute approximate surface area is 178 Å². The maximum absolute atomic E-state index is 12.5. The fourth-order valence-electron chi connectivity index (χ4n) is 3.17. The lowest BCUT2D eigenvalue weighted by Gasteiger charge is -2.09. The SMILES string of the molecule is COc1ccc2ccccc2c1-c1cc(C(=O)N/N=C/c2ccc(SC)cc2)[nH]n1. The van der Waals surface area contributed by atoms with Gasteiger partial charge in [0.05, 0.1) is 24.6 Å². The summed E-state index contributed by atoms with van der Waals surface area (Å²) in [4.78, 5) is 13.6. The highest BCUT2D eigenvalue weighted by atomic mass is 32.2. The molecule has 1 aromatic heterocycles. The molecule has 150 valence electrons. The van der Waals surface area contributed by atoms with E-state index in [1.54, 1.807) is 31.2 Å². The van der Waals surface area contributed by atoms with Crippen molar-refractivity contribution in [3.8, 4) is 17.0 Å². The van der Waals surface area contributed by atoms with E-state index in [1.807, 2.05) is 66.9 Å². The van der Waals surface area contributed by atoms with Crippen molar-refractivity contribution in [2.24, 2.45) is 5.10 Å². The van der Waals surface area contributed by atoms with Crippen molar-refractivity contribution < 1.29 is 9.53 Å². The summed E-state index contributed by atoms with van der Waals surface area (Å²) in [6.07, 6.45) is 3.63. The highest BCUT2D eigenvalue weighted by molar-refractivity contribution is 7.98. The van der Waals surface area contributed by atoms with Crippen LogP contribution in [0, 0.1) is 0 Å². The maximum atomic E-state index is 12.5. The minimum absolute atomic E-state index is 0.315. The number of amides is 1. The van der Waals surface area contributed by atoms with Gasteiger partial charge in [-0.15, -0.1) is 11.8 Å². The second-order valence-electron chi connectivity index (χ2n) is 6.50. The van der Waals surface area contributed by atoms with Crippen LogP contribution in [0.4, 0.5) is 0 Å². The molecule has 1 amide bonds. The average molecular weight is 417 g/mol. The average Bonchev–Trinajstić information content (AvgIpc) is 3.28. The number of nitrogens with zero attached hydrogens (tertiary/aromatic N) is 2.